The summed E-state index contributed by atoms with van der Waals surface area (Å²) in [7, 11) is 1.65. The van der Waals surface area contributed by atoms with Crippen LogP contribution in [0.25, 0.3) is 11.4 Å². The highest BCUT2D eigenvalue weighted by molar-refractivity contribution is 5.85. The molecule has 2 unspecified atom stereocenters. The lowest BCUT2D eigenvalue weighted by atomic mass is 10.1. The molecule has 1 aromatic heterocycles. The molecule has 1 saturated heterocycles. The molecule has 0 spiro atoms. The van der Waals surface area contributed by atoms with Gasteiger partial charge in [-0.05, 0) is 50.1 Å². The molecular weight excluding hydrogens is 316 g/mol. The summed E-state index contributed by atoms with van der Waals surface area (Å²) in [6.45, 7) is 4.64. The van der Waals surface area contributed by atoms with E-state index >= 15 is 0 Å². The molecule has 0 radical (unpaired) electrons. The van der Waals surface area contributed by atoms with E-state index in [1.54, 1.807) is 7.11 Å². The van der Waals surface area contributed by atoms with E-state index in [0.29, 0.717) is 30.2 Å². The zero-order valence-electron chi connectivity index (χ0n) is 13.4. The summed E-state index contributed by atoms with van der Waals surface area (Å²) >= 11 is 0. The summed E-state index contributed by atoms with van der Waals surface area (Å²) in [5, 5.41) is 4.07. The van der Waals surface area contributed by atoms with E-state index in [0.717, 1.165) is 30.8 Å². The Morgan fingerprint density at radius 1 is 1.35 bits per heavy atom. The van der Waals surface area contributed by atoms with Crippen LogP contribution in [0.1, 0.15) is 19.2 Å². The maximum absolute atomic E-state index is 5.77. The van der Waals surface area contributed by atoms with E-state index in [2.05, 4.69) is 22.0 Å². The summed E-state index contributed by atoms with van der Waals surface area (Å²) < 4.78 is 10.5. The zero-order chi connectivity index (χ0) is 15.5. The predicted octanol–water partition coefficient (Wildman–Crippen LogP) is 2.34. The maximum Gasteiger partial charge on any atom is 0.241 e. The second-order valence-corrected chi connectivity index (χ2v) is 5.86. The first-order chi connectivity index (χ1) is 10.7. The van der Waals surface area contributed by atoms with Gasteiger partial charge in [-0.15, -0.1) is 12.4 Å². The quantitative estimate of drug-likeness (QED) is 0.901. The molecule has 1 aromatic carbocycles. The van der Waals surface area contributed by atoms with Crippen LogP contribution in [0, 0.1) is 5.92 Å². The number of likely N-dealkylation sites (tertiary alicyclic amines) is 1. The first-order valence-corrected chi connectivity index (χ1v) is 7.60. The van der Waals surface area contributed by atoms with Crippen molar-refractivity contribution in [3.63, 3.8) is 0 Å². The molecule has 0 amide bonds. The Balaban J connectivity index is 0.00000192. The standard InChI is InChI=1S/C16H22N4O2.ClH/c1-11-7-12(8-17)9-20(11)10-15-18-16(19-22-15)13-3-5-14(21-2)6-4-13;/h3-6,11-12H,7-10,17H2,1-2H3;1H. The van der Waals surface area contributed by atoms with Crippen LogP contribution in [-0.4, -0.2) is 41.3 Å². The van der Waals surface area contributed by atoms with Gasteiger partial charge in [0, 0.05) is 18.2 Å². The SMILES string of the molecule is COc1ccc(-c2noc(CN3CC(CN)CC3C)n2)cc1.Cl. The summed E-state index contributed by atoms with van der Waals surface area (Å²) in [4.78, 5) is 6.84. The lowest BCUT2D eigenvalue weighted by Gasteiger charge is -2.18. The van der Waals surface area contributed by atoms with Crippen molar-refractivity contribution in [3.05, 3.63) is 30.2 Å². The smallest absolute Gasteiger partial charge is 0.241 e. The lowest BCUT2D eigenvalue weighted by molar-refractivity contribution is 0.218. The minimum Gasteiger partial charge on any atom is -0.497 e. The Bertz CT molecular complexity index is 617. The predicted molar refractivity (Wildman–Crippen MR) is 90.6 cm³/mol. The third-order valence-electron chi connectivity index (χ3n) is 4.28. The van der Waals surface area contributed by atoms with Crippen LogP contribution in [0.5, 0.6) is 5.75 Å². The molecule has 0 saturated carbocycles. The van der Waals surface area contributed by atoms with Crippen LogP contribution in [0.4, 0.5) is 0 Å². The first-order valence-electron chi connectivity index (χ1n) is 7.60. The topological polar surface area (TPSA) is 77.4 Å². The van der Waals surface area contributed by atoms with Crippen LogP contribution in [-0.2, 0) is 6.54 Å². The number of aromatic nitrogens is 2. The van der Waals surface area contributed by atoms with Crippen molar-refractivity contribution in [1.82, 2.24) is 15.0 Å². The average Bonchev–Trinajstić information content (AvgIpc) is 3.15. The first kappa shape index (κ1) is 17.7. The normalized spacial score (nSPS) is 21.2. The summed E-state index contributed by atoms with van der Waals surface area (Å²) in [5.74, 6) is 2.64. The minimum absolute atomic E-state index is 0. The monoisotopic (exact) mass is 338 g/mol. The molecule has 2 aromatic rings. The van der Waals surface area contributed by atoms with Crippen LogP contribution >= 0.6 is 12.4 Å². The van der Waals surface area contributed by atoms with Crippen molar-refractivity contribution in [3.8, 4) is 17.1 Å². The molecule has 1 aliphatic rings. The number of halogens is 1. The molecule has 2 heterocycles. The average molecular weight is 339 g/mol. The minimum atomic E-state index is 0. The summed E-state index contributed by atoms with van der Waals surface area (Å²) in [5.41, 5.74) is 6.69. The van der Waals surface area contributed by atoms with Gasteiger partial charge in [-0.3, -0.25) is 4.90 Å². The van der Waals surface area contributed by atoms with Gasteiger partial charge in [0.2, 0.25) is 11.7 Å². The molecule has 0 bridgehead atoms. The van der Waals surface area contributed by atoms with Crippen LogP contribution in [0.15, 0.2) is 28.8 Å². The van der Waals surface area contributed by atoms with Gasteiger partial charge in [0.05, 0.1) is 13.7 Å². The number of hydrogen-bond acceptors (Lipinski definition) is 6. The largest absolute Gasteiger partial charge is 0.497 e. The number of rotatable bonds is 5. The Morgan fingerprint density at radius 3 is 2.70 bits per heavy atom. The summed E-state index contributed by atoms with van der Waals surface area (Å²) in [6.07, 6.45) is 1.13. The molecule has 126 valence electrons. The fourth-order valence-electron chi connectivity index (χ4n) is 2.96. The van der Waals surface area contributed by atoms with E-state index in [1.807, 2.05) is 24.3 Å². The van der Waals surface area contributed by atoms with E-state index in [-0.39, 0.29) is 12.4 Å². The molecule has 23 heavy (non-hydrogen) atoms. The van der Waals surface area contributed by atoms with Gasteiger partial charge in [-0.25, -0.2) is 0 Å². The highest BCUT2D eigenvalue weighted by Crippen LogP contribution is 2.25. The number of benzene rings is 1. The van der Waals surface area contributed by atoms with Gasteiger partial charge in [0.25, 0.3) is 0 Å². The number of ether oxygens (including phenoxy) is 1. The van der Waals surface area contributed by atoms with Crippen molar-refractivity contribution >= 4 is 12.4 Å². The number of hydrogen-bond donors (Lipinski definition) is 1. The van der Waals surface area contributed by atoms with Crippen molar-refractivity contribution in [2.24, 2.45) is 11.7 Å². The van der Waals surface area contributed by atoms with Gasteiger partial charge in [0.1, 0.15) is 5.75 Å². The lowest BCUT2D eigenvalue weighted by Crippen LogP contribution is -2.27. The van der Waals surface area contributed by atoms with Crippen molar-refractivity contribution in [2.45, 2.75) is 25.9 Å². The van der Waals surface area contributed by atoms with Crippen LogP contribution in [0.2, 0.25) is 0 Å². The second-order valence-electron chi connectivity index (χ2n) is 5.86. The Hall–Kier alpha value is -1.63. The third-order valence-corrected chi connectivity index (χ3v) is 4.28. The van der Waals surface area contributed by atoms with Crippen molar-refractivity contribution in [1.29, 1.82) is 0 Å². The fraction of sp³-hybridized carbons (Fsp3) is 0.500. The highest BCUT2D eigenvalue weighted by Gasteiger charge is 2.29. The number of nitrogens with zero attached hydrogens (tertiary/aromatic N) is 3. The van der Waals surface area contributed by atoms with Gasteiger partial charge >= 0.3 is 0 Å². The molecular formula is C16H23ClN4O2. The molecule has 2 atom stereocenters. The number of methoxy groups -OCH3 is 1. The van der Waals surface area contributed by atoms with Gasteiger partial charge in [-0.2, -0.15) is 4.98 Å². The Kier molecular flexibility index (Phi) is 5.98. The van der Waals surface area contributed by atoms with Gasteiger partial charge in [0.15, 0.2) is 0 Å². The molecule has 1 fully saturated rings. The molecule has 3 rings (SSSR count). The fourth-order valence-corrected chi connectivity index (χ4v) is 2.96. The van der Waals surface area contributed by atoms with E-state index < -0.39 is 0 Å². The molecule has 6 nitrogen and oxygen atoms in total. The third kappa shape index (κ3) is 4.02. The molecule has 0 aliphatic carbocycles. The molecule has 1 aliphatic heterocycles. The Labute approximate surface area is 142 Å². The Morgan fingerprint density at radius 2 is 2.09 bits per heavy atom. The van der Waals surface area contributed by atoms with Gasteiger partial charge < -0.3 is 15.0 Å². The van der Waals surface area contributed by atoms with Crippen molar-refractivity contribution in [2.75, 3.05) is 20.2 Å². The second kappa shape index (κ2) is 7.77. The summed E-state index contributed by atoms with van der Waals surface area (Å²) in [6, 6.07) is 8.14. The highest BCUT2D eigenvalue weighted by atomic mass is 35.5. The number of nitrogens with two attached hydrogens (primary N) is 1. The van der Waals surface area contributed by atoms with Gasteiger partial charge in [-0.1, -0.05) is 5.16 Å². The maximum atomic E-state index is 5.77. The van der Waals surface area contributed by atoms with E-state index in [4.69, 9.17) is 15.0 Å². The van der Waals surface area contributed by atoms with E-state index in [1.165, 1.54) is 0 Å². The molecule has 2 N–H and O–H groups in total. The van der Waals surface area contributed by atoms with E-state index in [9.17, 15) is 0 Å². The van der Waals surface area contributed by atoms with Crippen molar-refractivity contribution < 1.29 is 9.26 Å². The van der Waals surface area contributed by atoms with Crippen LogP contribution < -0.4 is 10.5 Å². The zero-order valence-corrected chi connectivity index (χ0v) is 14.3. The van der Waals surface area contributed by atoms with Crippen LogP contribution in [0.3, 0.4) is 0 Å². The molecule has 7 heteroatoms.